The quantitative estimate of drug-likeness (QED) is 0.836. The van der Waals surface area contributed by atoms with Crippen molar-refractivity contribution in [3.8, 4) is 0 Å². The lowest BCUT2D eigenvalue weighted by Crippen LogP contribution is -2.38. The molecule has 1 saturated heterocycles. The van der Waals surface area contributed by atoms with Crippen molar-refractivity contribution >= 4 is 5.91 Å². The fourth-order valence-electron chi connectivity index (χ4n) is 3.14. The minimum Gasteiger partial charge on any atom is -0.351 e. The van der Waals surface area contributed by atoms with Crippen molar-refractivity contribution in [3.05, 3.63) is 18.2 Å². The summed E-state index contributed by atoms with van der Waals surface area (Å²) in [7, 11) is 0. The number of imidazole rings is 1. The van der Waals surface area contributed by atoms with E-state index in [4.69, 9.17) is 0 Å². The summed E-state index contributed by atoms with van der Waals surface area (Å²) >= 11 is 0. The van der Waals surface area contributed by atoms with Crippen LogP contribution in [0.25, 0.3) is 0 Å². The number of aromatic nitrogens is 2. The predicted molar refractivity (Wildman–Crippen MR) is 84.2 cm³/mol. The second-order valence-electron chi connectivity index (χ2n) is 6.47. The summed E-state index contributed by atoms with van der Waals surface area (Å²) in [5.41, 5.74) is 0. The van der Waals surface area contributed by atoms with Crippen molar-refractivity contribution in [1.82, 2.24) is 19.8 Å². The Morgan fingerprint density at radius 3 is 2.96 bits per heavy atom. The van der Waals surface area contributed by atoms with Crippen molar-refractivity contribution in [3.63, 3.8) is 0 Å². The van der Waals surface area contributed by atoms with Crippen LogP contribution >= 0.6 is 0 Å². The molecule has 0 aromatic carbocycles. The topological polar surface area (TPSA) is 50.2 Å². The normalized spacial score (nSPS) is 19.5. The van der Waals surface area contributed by atoms with Gasteiger partial charge in [0, 0.05) is 31.5 Å². The number of carbonyl (C=O) groups is 1. The maximum absolute atomic E-state index is 12.1. The Hall–Kier alpha value is -1.50. The van der Waals surface area contributed by atoms with Crippen molar-refractivity contribution in [2.75, 3.05) is 19.6 Å². The summed E-state index contributed by atoms with van der Waals surface area (Å²) < 4.78 is 26.5. The number of likely N-dealkylation sites (tertiary alicyclic amines) is 1. The molecule has 1 N–H and O–H groups in total. The SMILES string of the molecule is CC(C)n1ccnc1CN1CCC[C@H](CCNC(=O)C(F)F)C1. The first-order valence-electron chi connectivity index (χ1n) is 8.27. The third kappa shape index (κ3) is 5.27. The molecule has 0 saturated carbocycles. The second-order valence-corrected chi connectivity index (χ2v) is 6.47. The monoisotopic (exact) mass is 328 g/mol. The summed E-state index contributed by atoms with van der Waals surface area (Å²) in [4.78, 5) is 17.7. The van der Waals surface area contributed by atoms with Crippen LogP contribution in [0.3, 0.4) is 0 Å². The van der Waals surface area contributed by atoms with Gasteiger partial charge >= 0.3 is 6.43 Å². The standard InChI is InChI=1S/C16H26F2N4O/c1-12(2)22-9-7-19-14(22)11-21-8-3-4-13(10-21)5-6-20-16(23)15(17)18/h7,9,12-13,15H,3-6,8,10-11H2,1-2H3,(H,20,23)/t13-/m1/s1. The van der Waals surface area contributed by atoms with Crippen LogP contribution in [-0.4, -0.2) is 46.4 Å². The van der Waals surface area contributed by atoms with E-state index < -0.39 is 12.3 Å². The molecule has 1 atom stereocenters. The molecule has 0 radical (unpaired) electrons. The van der Waals surface area contributed by atoms with Gasteiger partial charge in [0.15, 0.2) is 0 Å². The number of nitrogens with zero attached hydrogens (tertiary/aromatic N) is 3. The highest BCUT2D eigenvalue weighted by Gasteiger charge is 2.22. The molecule has 0 spiro atoms. The highest BCUT2D eigenvalue weighted by Crippen LogP contribution is 2.21. The van der Waals surface area contributed by atoms with E-state index in [-0.39, 0.29) is 0 Å². The van der Waals surface area contributed by atoms with Crippen LogP contribution < -0.4 is 5.32 Å². The van der Waals surface area contributed by atoms with Crippen LogP contribution in [0.5, 0.6) is 0 Å². The summed E-state index contributed by atoms with van der Waals surface area (Å²) in [5.74, 6) is 0.326. The summed E-state index contributed by atoms with van der Waals surface area (Å²) in [6.45, 7) is 7.36. The molecule has 0 unspecified atom stereocenters. The van der Waals surface area contributed by atoms with Gasteiger partial charge in [-0.2, -0.15) is 8.78 Å². The molecule has 7 heteroatoms. The molecule has 0 bridgehead atoms. The largest absolute Gasteiger partial charge is 0.351 e. The zero-order valence-corrected chi connectivity index (χ0v) is 13.8. The van der Waals surface area contributed by atoms with E-state index in [0.717, 1.165) is 44.7 Å². The van der Waals surface area contributed by atoms with Crippen LogP contribution in [-0.2, 0) is 11.3 Å². The number of amides is 1. The van der Waals surface area contributed by atoms with Gasteiger partial charge in [-0.3, -0.25) is 9.69 Å². The number of hydrogen-bond donors (Lipinski definition) is 1. The van der Waals surface area contributed by atoms with Gasteiger partial charge in [-0.1, -0.05) is 0 Å². The second kappa shape index (κ2) is 8.38. The van der Waals surface area contributed by atoms with Crippen LogP contribution in [0, 0.1) is 5.92 Å². The first-order valence-corrected chi connectivity index (χ1v) is 8.27. The molecule has 130 valence electrons. The van der Waals surface area contributed by atoms with E-state index in [1.54, 1.807) is 0 Å². The minimum absolute atomic E-state index is 0.322. The van der Waals surface area contributed by atoms with Crippen molar-refractivity contribution < 1.29 is 13.6 Å². The van der Waals surface area contributed by atoms with E-state index in [0.29, 0.717) is 18.5 Å². The number of carbonyl (C=O) groups excluding carboxylic acids is 1. The minimum atomic E-state index is -2.92. The summed E-state index contributed by atoms with van der Waals surface area (Å²) in [6.07, 6.45) is 3.83. The van der Waals surface area contributed by atoms with Gasteiger partial charge in [0.2, 0.25) is 0 Å². The first-order chi connectivity index (χ1) is 11.0. The van der Waals surface area contributed by atoms with Gasteiger partial charge < -0.3 is 9.88 Å². The Morgan fingerprint density at radius 1 is 1.48 bits per heavy atom. The number of hydrogen-bond acceptors (Lipinski definition) is 3. The van der Waals surface area contributed by atoms with Crippen LogP contribution in [0.15, 0.2) is 12.4 Å². The lowest BCUT2D eigenvalue weighted by atomic mass is 9.95. The molecule has 0 aliphatic carbocycles. The summed E-state index contributed by atoms with van der Waals surface area (Å²) in [5, 5.41) is 2.29. The van der Waals surface area contributed by atoms with Crippen molar-refractivity contribution in [2.24, 2.45) is 5.92 Å². The molecule has 2 heterocycles. The molecule has 1 aromatic rings. The Labute approximate surface area is 136 Å². The third-order valence-electron chi connectivity index (χ3n) is 4.32. The number of alkyl halides is 2. The molecule has 1 fully saturated rings. The van der Waals surface area contributed by atoms with E-state index in [1.807, 2.05) is 12.4 Å². The maximum Gasteiger partial charge on any atom is 0.315 e. The molecule has 2 rings (SSSR count). The van der Waals surface area contributed by atoms with Crippen LogP contribution in [0.4, 0.5) is 8.78 Å². The average molecular weight is 328 g/mol. The van der Waals surface area contributed by atoms with Crippen LogP contribution in [0.1, 0.15) is 45.0 Å². The van der Waals surface area contributed by atoms with Gasteiger partial charge in [-0.05, 0) is 45.6 Å². The average Bonchev–Trinajstić information content (AvgIpc) is 2.95. The van der Waals surface area contributed by atoms with Crippen molar-refractivity contribution in [2.45, 2.75) is 52.1 Å². The summed E-state index contributed by atoms with van der Waals surface area (Å²) in [6, 6.07) is 0.387. The molecular formula is C16H26F2N4O. The number of halogens is 2. The van der Waals surface area contributed by atoms with Gasteiger partial charge in [-0.15, -0.1) is 0 Å². The molecular weight excluding hydrogens is 302 g/mol. The Kier molecular flexibility index (Phi) is 6.50. The van der Waals surface area contributed by atoms with Gasteiger partial charge in [0.1, 0.15) is 5.82 Å². The molecule has 1 aliphatic heterocycles. The Balaban J connectivity index is 1.79. The fourth-order valence-corrected chi connectivity index (χ4v) is 3.14. The number of nitrogens with one attached hydrogen (secondary N) is 1. The van der Waals surface area contributed by atoms with Crippen LogP contribution in [0.2, 0.25) is 0 Å². The van der Waals surface area contributed by atoms with E-state index in [9.17, 15) is 13.6 Å². The fraction of sp³-hybridized carbons (Fsp3) is 0.750. The van der Waals surface area contributed by atoms with Gasteiger partial charge in [-0.25, -0.2) is 4.98 Å². The van der Waals surface area contributed by atoms with Gasteiger partial charge in [0.25, 0.3) is 5.91 Å². The zero-order chi connectivity index (χ0) is 16.8. The Bertz CT molecular complexity index is 504. The lowest BCUT2D eigenvalue weighted by Gasteiger charge is -2.32. The number of rotatable bonds is 7. The van der Waals surface area contributed by atoms with Gasteiger partial charge in [0.05, 0.1) is 6.54 Å². The molecule has 1 aromatic heterocycles. The predicted octanol–water partition coefficient (Wildman–Crippen LogP) is 2.45. The third-order valence-corrected chi connectivity index (χ3v) is 4.32. The van der Waals surface area contributed by atoms with E-state index >= 15 is 0 Å². The first kappa shape index (κ1) is 17.8. The zero-order valence-electron chi connectivity index (χ0n) is 13.8. The molecule has 23 heavy (non-hydrogen) atoms. The maximum atomic E-state index is 12.1. The van der Waals surface area contributed by atoms with E-state index in [2.05, 4.69) is 33.6 Å². The smallest absolute Gasteiger partial charge is 0.315 e. The highest BCUT2D eigenvalue weighted by atomic mass is 19.3. The highest BCUT2D eigenvalue weighted by molar-refractivity contribution is 5.78. The molecule has 1 amide bonds. The number of piperidine rings is 1. The Morgan fingerprint density at radius 2 is 2.26 bits per heavy atom. The van der Waals surface area contributed by atoms with E-state index in [1.165, 1.54) is 0 Å². The molecule has 5 nitrogen and oxygen atoms in total. The lowest BCUT2D eigenvalue weighted by molar-refractivity contribution is -0.131. The molecule has 1 aliphatic rings. The van der Waals surface area contributed by atoms with Crippen molar-refractivity contribution in [1.29, 1.82) is 0 Å².